The second-order valence-corrected chi connectivity index (χ2v) is 8.95. The molecule has 1 aromatic heterocycles. The molecule has 1 aliphatic carbocycles. The molecule has 1 aliphatic heterocycles. The summed E-state index contributed by atoms with van der Waals surface area (Å²) in [7, 11) is -2.71. The van der Waals surface area contributed by atoms with Gasteiger partial charge in [-0.3, -0.25) is 4.79 Å². The van der Waals surface area contributed by atoms with Crippen LogP contribution in [0.25, 0.3) is 0 Å². The highest BCUT2D eigenvalue weighted by atomic mass is 32.2. The molecule has 1 saturated carbocycles. The number of carbonyl (C=O) groups excluding carboxylic acids is 1. The number of benzene rings is 1. The number of nitrogens with zero attached hydrogens (tertiary/aromatic N) is 3. The summed E-state index contributed by atoms with van der Waals surface area (Å²) in [6.45, 7) is -0.503. The van der Waals surface area contributed by atoms with Gasteiger partial charge in [0.15, 0.2) is 5.82 Å². The Bertz CT molecular complexity index is 1040. The first kappa shape index (κ1) is 18.8. The van der Waals surface area contributed by atoms with E-state index in [0.29, 0.717) is 5.82 Å². The van der Waals surface area contributed by atoms with E-state index in [-0.39, 0.29) is 41.0 Å². The summed E-state index contributed by atoms with van der Waals surface area (Å²) < 4.78 is 52.4. The van der Waals surface area contributed by atoms with Gasteiger partial charge in [0.2, 0.25) is 15.7 Å². The van der Waals surface area contributed by atoms with Gasteiger partial charge in [-0.1, -0.05) is 5.16 Å². The van der Waals surface area contributed by atoms with Gasteiger partial charge in [-0.2, -0.15) is 9.29 Å². The molecular formula is C17H19FN4O5S. The number of carbonyl (C=O) groups is 1. The molecule has 150 valence electrons. The molecule has 2 fully saturated rings. The predicted molar refractivity (Wildman–Crippen MR) is 93.9 cm³/mol. The summed E-state index contributed by atoms with van der Waals surface area (Å²) in [4.78, 5) is 15.5. The van der Waals surface area contributed by atoms with Crippen LogP contribution in [0.3, 0.4) is 0 Å². The molecule has 1 amide bonds. The molecule has 1 atom stereocenters. The van der Waals surface area contributed by atoms with Crippen molar-refractivity contribution in [1.82, 2.24) is 14.4 Å². The van der Waals surface area contributed by atoms with Crippen LogP contribution in [0.5, 0.6) is 5.75 Å². The van der Waals surface area contributed by atoms with E-state index in [2.05, 4.69) is 10.1 Å². The molecule has 1 saturated heterocycles. The van der Waals surface area contributed by atoms with Crippen LogP contribution in [0.15, 0.2) is 27.6 Å². The Labute approximate surface area is 160 Å². The molecule has 2 aromatic rings. The summed E-state index contributed by atoms with van der Waals surface area (Å²) in [6, 6.07) is 3.76. The number of hydrogen-bond acceptors (Lipinski definition) is 7. The second kappa shape index (κ2) is 6.52. The fourth-order valence-corrected chi connectivity index (χ4v) is 4.74. The first-order valence-corrected chi connectivity index (χ1v) is 10.2. The molecule has 2 aliphatic rings. The van der Waals surface area contributed by atoms with Gasteiger partial charge < -0.3 is 15.0 Å². The van der Waals surface area contributed by atoms with E-state index in [4.69, 9.17) is 15.0 Å². The van der Waals surface area contributed by atoms with Crippen LogP contribution in [0.4, 0.5) is 4.39 Å². The zero-order chi connectivity index (χ0) is 20.1. The van der Waals surface area contributed by atoms with E-state index in [0.717, 1.165) is 23.2 Å². The lowest BCUT2D eigenvalue weighted by Gasteiger charge is -2.18. The molecule has 1 unspecified atom stereocenters. The van der Waals surface area contributed by atoms with Crippen molar-refractivity contribution in [2.24, 2.45) is 5.73 Å². The highest BCUT2D eigenvalue weighted by Gasteiger charge is 2.49. The third-order valence-electron chi connectivity index (χ3n) is 5.03. The van der Waals surface area contributed by atoms with Crippen LogP contribution in [-0.4, -0.2) is 49.0 Å². The first-order chi connectivity index (χ1) is 13.2. The van der Waals surface area contributed by atoms with Crippen molar-refractivity contribution in [3.63, 3.8) is 0 Å². The first-order valence-electron chi connectivity index (χ1n) is 8.75. The molecule has 9 nitrogen and oxygen atoms in total. The number of nitrogens with two attached hydrogens (primary N) is 1. The SMILES string of the molecule is COc1ccc(S(=O)(=O)N2CCC(F)(c3nc(C4CC4)no3)C2)cc1C(N)=O. The number of alkyl halides is 1. The van der Waals surface area contributed by atoms with Crippen molar-refractivity contribution in [1.29, 1.82) is 0 Å². The summed E-state index contributed by atoms with van der Waals surface area (Å²) in [5.74, 6) is -0.192. The van der Waals surface area contributed by atoms with Gasteiger partial charge in [-0.05, 0) is 31.0 Å². The van der Waals surface area contributed by atoms with Crippen LogP contribution in [-0.2, 0) is 15.7 Å². The van der Waals surface area contributed by atoms with Crippen molar-refractivity contribution in [2.45, 2.75) is 35.7 Å². The Morgan fingerprint density at radius 2 is 2.18 bits per heavy atom. The number of hydrogen-bond donors (Lipinski definition) is 1. The zero-order valence-electron chi connectivity index (χ0n) is 15.1. The van der Waals surface area contributed by atoms with Gasteiger partial charge in [0, 0.05) is 18.9 Å². The Morgan fingerprint density at radius 3 is 2.82 bits per heavy atom. The van der Waals surface area contributed by atoms with Crippen molar-refractivity contribution in [2.75, 3.05) is 20.2 Å². The highest BCUT2D eigenvalue weighted by Crippen LogP contribution is 2.42. The fraction of sp³-hybridized carbons (Fsp3) is 0.471. The summed E-state index contributed by atoms with van der Waals surface area (Å²) >= 11 is 0. The molecule has 2 N–H and O–H groups in total. The monoisotopic (exact) mass is 410 g/mol. The number of amides is 1. The van der Waals surface area contributed by atoms with Crippen molar-refractivity contribution >= 4 is 15.9 Å². The Kier molecular flexibility index (Phi) is 4.38. The average molecular weight is 410 g/mol. The standard InChI is InChI=1S/C17H19FN4O5S/c1-26-13-5-4-11(8-12(13)14(19)23)28(24,25)22-7-6-17(18,9-22)16-20-15(21-27-16)10-2-3-10/h4-5,8,10H,2-3,6-7,9H2,1H3,(H2,19,23). The van der Waals surface area contributed by atoms with Crippen LogP contribution in [0.2, 0.25) is 0 Å². The van der Waals surface area contributed by atoms with E-state index in [1.807, 2.05) is 0 Å². The van der Waals surface area contributed by atoms with Gasteiger partial charge in [0.05, 0.1) is 24.1 Å². The summed E-state index contributed by atoms with van der Waals surface area (Å²) in [6.07, 6.45) is 1.79. The minimum atomic E-state index is -4.06. The van der Waals surface area contributed by atoms with Crippen molar-refractivity contribution < 1.29 is 26.9 Å². The van der Waals surface area contributed by atoms with E-state index in [9.17, 15) is 13.2 Å². The largest absolute Gasteiger partial charge is 0.496 e. The Balaban J connectivity index is 1.60. The van der Waals surface area contributed by atoms with Crippen LogP contribution < -0.4 is 10.5 Å². The smallest absolute Gasteiger partial charge is 0.265 e. The summed E-state index contributed by atoms with van der Waals surface area (Å²) in [5, 5.41) is 3.80. The maximum Gasteiger partial charge on any atom is 0.265 e. The topological polar surface area (TPSA) is 129 Å². The second-order valence-electron chi connectivity index (χ2n) is 7.01. The Morgan fingerprint density at radius 1 is 1.43 bits per heavy atom. The van der Waals surface area contributed by atoms with E-state index in [1.165, 1.54) is 19.2 Å². The van der Waals surface area contributed by atoms with Gasteiger partial charge in [-0.15, -0.1) is 0 Å². The van der Waals surface area contributed by atoms with Crippen molar-refractivity contribution in [3.05, 3.63) is 35.5 Å². The lowest BCUT2D eigenvalue weighted by molar-refractivity contribution is 0.0997. The number of ether oxygens (including phenoxy) is 1. The molecule has 0 spiro atoms. The lowest BCUT2D eigenvalue weighted by atomic mass is 10.1. The molecule has 28 heavy (non-hydrogen) atoms. The van der Waals surface area contributed by atoms with E-state index < -0.39 is 28.1 Å². The molecule has 0 bridgehead atoms. The number of rotatable bonds is 6. The molecule has 0 radical (unpaired) electrons. The Hall–Kier alpha value is -2.53. The average Bonchev–Trinajstić information content (AvgIpc) is 3.24. The number of aromatic nitrogens is 2. The van der Waals surface area contributed by atoms with Gasteiger partial charge in [0.25, 0.3) is 11.8 Å². The van der Waals surface area contributed by atoms with Crippen LogP contribution >= 0.6 is 0 Å². The third kappa shape index (κ3) is 3.14. The maximum absolute atomic E-state index is 15.4. The van der Waals surface area contributed by atoms with Crippen LogP contribution in [0, 0.1) is 0 Å². The van der Waals surface area contributed by atoms with Crippen molar-refractivity contribution in [3.8, 4) is 5.75 Å². The van der Waals surface area contributed by atoms with Crippen LogP contribution in [0.1, 0.15) is 47.3 Å². The number of halogens is 1. The number of methoxy groups -OCH3 is 1. The molecule has 1 aromatic carbocycles. The molecule has 11 heteroatoms. The number of primary amides is 1. The minimum absolute atomic E-state index is 0.0576. The molecule has 2 heterocycles. The lowest BCUT2D eigenvalue weighted by Crippen LogP contribution is -2.32. The van der Waals surface area contributed by atoms with E-state index >= 15 is 4.39 Å². The minimum Gasteiger partial charge on any atom is -0.496 e. The van der Waals surface area contributed by atoms with Gasteiger partial charge >= 0.3 is 0 Å². The van der Waals surface area contributed by atoms with E-state index in [1.54, 1.807) is 0 Å². The molecular weight excluding hydrogens is 391 g/mol. The van der Waals surface area contributed by atoms with Gasteiger partial charge in [0.1, 0.15) is 5.75 Å². The number of sulfonamides is 1. The highest BCUT2D eigenvalue weighted by molar-refractivity contribution is 7.89. The third-order valence-corrected chi connectivity index (χ3v) is 6.87. The normalized spacial score (nSPS) is 23.1. The summed E-state index contributed by atoms with van der Waals surface area (Å²) in [5.41, 5.74) is 3.17. The zero-order valence-corrected chi connectivity index (χ0v) is 15.9. The predicted octanol–water partition coefficient (Wildman–Crippen LogP) is 1.31. The van der Waals surface area contributed by atoms with Gasteiger partial charge in [-0.25, -0.2) is 12.8 Å². The fourth-order valence-electron chi connectivity index (χ4n) is 3.23. The molecule has 4 rings (SSSR count). The quantitative estimate of drug-likeness (QED) is 0.760. The maximum atomic E-state index is 15.4.